The molecule has 0 spiro atoms. The maximum Gasteiger partial charge on any atom is 0.327 e. The van der Waals surface area contributed by atoms with Gasteiger partial charge >= 0.3 is 8.69 Å². The summed E-state index contributed by atoms with van der Waals surface area (Å²) in [4.78, 5) is 0. The predicted octanol–water partition coefficient (Wildman–Crippen LogP) is 2.12. The van der Waals surface area contributed by atoms with Gasteiger partial charge in [0.05, 0.1) is 6.61 Å². The highest BCUT2D eigenvalue weighted by Crippen LogP contribution is 2.04. The van der Waals surface area contributed by atoms with Gasteiger partial charge in [0.15, 0.2) is 0 Å². The fourth-order valence-electron chi connectivity index (χ4n) is 0.879. The highest BCUT2D eigenvalue weighted by Gasteiger charge is 1.89. The molecule has 0 heterocycles. The number of hydrogen-bond donors (Lipinski definition) is 1. The van der Waals surface area contributed by atoms with E-state index in [0.29, 0.717) is 6.61 Å². The van der Waals surface area contributed by atoms with Crippen molar-refractivity contribution < 1.29 is 9.09 Å². The summed E-state index contributed by atoms with van der Waals surface area (Å²) in [6, 6.07) is 0. The third-order valence-corrected chi connectivity index (χ3v) is 1.78. The van der Waals surface area contributed by atoms with E-state index >= 15 is 0 Å². The molecule has 0 aromatic rings. The van der Waals surface area contributed by atoms with E-state index < -0.39 is 0 Å². The quantitative estimate of drug-likeness (QED) is 0.456. The average Bonchev–Trinajstić information content (AvgIpc) is 2.03. The molecule has 66 valence electrons. The summed E-state index contributed by atoms with van der Waals surface area (Å²) in [5, 5.41) is 0. The molecule has 0 bridgehead atoms. The van der Waals surface area contributed by atoms with Crippen LogP contribution >= 0.6 is 8.69 Å². The van der Waals surface area contributed by atoms with Crippen molar-refractivity contribution in [3.63, 3.8) is 0 Å². The fourth-order valence-corrected chi connectivity index (χ4v) is 1.08. The molecule has 3 nitrogen and oxygen atoms in total. The average molecular weight is 177 g/mol. The minimum atomic E-state index is -0.200. The van der Waals surface area contributed by atoms with E-state index in [1.165, 1.54) is 12.8 Å². The molecule has 2 N–H and O–H groups in total. The molecule has 0 amide bonds. The van der Waals surface area contributed by atoms with Crippen molar-refractivity contribution in [2.45, 2.75) is 32.1 Å². The molecule has 0 radical (unpaired) electrons. The number of nitrogens with two attached hydrogens (primary N) is 1. The minimum absolute atomic E-state index is 0.200. The Labute approximate surface area is 69.6 Å². The van der Waals surface area contributed by atoms with Crippen molar-refractivity contribution in [1.82, 2.24) is 0 Å². The van der Waals surface area contributed by atoms with Crippen LogP contribution in [0.25, 0.3) is 0 Å². The van der Waals surface area contributed by atoms with E-state index in [4.69, 9.17) is 5.73 Å². The molecule has 0 aliphatic rings. The zero-order valence-corrected chi connectivity index (χ0v) is 7.69. The molecule has 11 heavy (non-hydrogen) atoms. The zero-order valence-electron chi connectivity index (χ0n) is 6.79. The Morgan fingerprint density at radius 3 is 2.36 bits per heavy atom. The number of rotatable bonds is 8. The largest absolute Gasteiger partial charge is 0.330 e. The maximum atomic E-state index is 9.80. The molecule has 0 aliphatic heterocycles. The number of hydrogen-bond acceptors (Lipinski definition) is 3. The van der Waals surface area contributed by atoms with Gasteiger partial charge < -0.3 is 5.73 Å². The van der Waals surface area contributed by atoms with Crippen LogP contribution in [-0.2, 0) is 9.09 Å². The summed E-state index contributed by atoms with van der Waals surface area (Å²) >= 11 is 0. The van der Waals surface area contributed by atoms with Crippen molar-refractivity contribution in [3.8, 4) is 0 Å². The summed E-state index contributed by atoms with van der Waals surface area (Å²) < 4.78 is 14.4. The smallest absolute Gasteiger partial charge is 0.327 e. The first kappa shape index (κ1) is 11.0. The molecule has 0 saturated carbocycles. The zero-order chi connectivity index (χ0) is 8.36. The summed E-state index contributed by atoms with van der Waals surface area (Å²) in [7, 11) is -0.200. The van der Waals surface area contributed by atoms with Crippen LogP contribution in [0.1, 0.15) is 32.1 Å². The van der Waals surface area contributed by atoms with Crippen LogP contribution in [0.3, 0.4) is 0 Å². The van der Waals surface area contributed by atoms with Crippen LogP contribution in [0.2, 0.25) is 0 Å². The summed E-state index contributed by atoms with van der Waals surface area (Å²) in [5.74, 6) is 0. The first-order valence-corrected chi connectivity index (χ1v) is 4.79. The fraction of sp³-hybridized carbons (Fsp3) is 1.00. The summed E-state index contributed by atoms with van der Waals surface area (Å²) in [6.45, 7) is 1.39. The van der Waals surface area contributed by atoms with Crippen molar-refractivity contribution in [3.05, 3.63) is 0 Å². The molecule has 0 fully saturated rings. The van der Waals surface area contributed by atoms with Gasteiger partial charge in [0.25, 0.3) is 0 Å². The first-order chi connectivity index (χ1) is 5.41. The Morgan fingerprint density at radius 2 is 1.73 bits per heavy atom. The lowest BCUT2D eigenvalue weighted by molar-refractivity contribution is 0.328. The molecule has 0 aromatic heterocycles. The van der Waals surface area contributed by atoms with E-state index in [1.807, 2.05) is 0 Å². The van der Waals surface area contributed by atoms with Crippen molar-refractivity contribution in [1.29, 1.82) is 0 Å². The van der Waals surface area contributed by atoms with Crippen LogP contribution in [0.5, 0.6) is 0 Å². The molecule has 0 atom stereocenters. The van der Waals surface area contributed by atoms with E-state index in [2.05, 4.69) is 4.52 Å². The second-order valence-electron chi connectivity index (χ2n) is 2.46. The van der Waals surface area contributed by atoms with Crippen LogP contribution in [0.15, 0.2) is 0 Å². The van der Waals surface area contributed by atoms with Crippen LogP contribution in [0, 0.1) is 0 Å². The Morgan fingerprint density at radius 1 is 1.09 bits per heavy atom. The Bertz CT molecular complexity index is 90.5. The van der Waals surface area contributed by atoms with E-state index in [-0.39, 0.29) is 8.69 Å². The highest BCUT2D eigenvalue weighted by atomic mass is 31.1. The molecular weight excluding hydrogens is 161 g/mol. The molecular formula is C7H16NO2P. The Kier molecular flexibility index (Phi) is 10.0. The van der Waals surface area contributed by atoms with Crippen LogP contribution < -0.4 is 5.73 Å². The second-order valence-corrected chi connectivity index (χ2v) is 2.87. The monoisotopic (exact) mass is 177 g/mol. The molecule has 0 aromatic carbocycles. The van der Waals surface area contributed by atoms with Crippen LogP contribution in [0.4, 0.5) is 0 Å². The predicted molar refractivity (Wildman–Crippen MR) is 45.7 cm³/mol. The molecule has 0 aliphatic carbocycles. The first-order valence-electron chi connectivity index (χ1n) is 4.06. The van der Waals surface area contributed by atoms with Gasteiger partial charge in [0.1, 0.15) is 0 Å². The summed E-state index contributed by atoms with van der Waals surface area (Å²) in [5.41, 5.74) is 5.32. The highest BCUT2D eigenvalue weighted by molar-refractivity contribution is 7.17. The SMILES string of the molecule is NCCCCCCCOP=O. The minimum Gasteiger partial charge on any atom is -0.330 e. The maximum absolute atomic E-state index is 9.80. The van der Waals surface area contributed by atoms with Crippen molar-refractivity contribution in [2.75, 3.05) is 13.2 Å². The van der Waals surface area contributed by atoms with Crippen LogP contribution in [-0.4, -0.2) is 13.2 Å². The van der Waals surface area contributed by atoms with Gasteiger partial charge in [-0.1, -0.05) is 19.3 Å². The standard InChI is InChI=1S/C7H16NO2P/c8-6-4-2-1-3-5-7-10-11-9/h1-8H2. The second kappa shape index (κ2) is 10.0. The van der Waals surface area contributed by atoms with Gasteiger partial charge in [0, 0.05) is 0 Å². The third-order valence-electron chi connectivity index (χ3n) is 1.49. The lowest BCUT2D eigenvalue weighted by Crippen LogP contribution is -1.97. The van der Waals surface area contributed by atoms with E-state index in [1.54, 1.807) is 0 Å². The van der Waals surface area contributed by atoms with Gasteiger partial charge in [-0.05, 0) is 19.4 Å². The van der Waals surface area contributed by atoms with Crippen molar-refractivity contribution in [2.24, 2.45) is 5.73 Å². The van der Waals surface area contributed by atoms with Gasteiger partial charge in [-0.25, -0.2) is 4.57 Å². The molecule has 0 unspecified atom stereocenters. The molecule has 4 heteroatoms. The van der Waals surface area contributed by atoms with E-state index in [9.17, 15) is 4.57 Å². The topological polar surface area (TPSA) is 52.3 Å². The van der Waals surface area contributed by atoms with Gasteiger partial charge in [-0.2, -0.15) is 0 Å². The lowest BCUT2D eigenvalue weighted by atomic mass is 10.1. The molecule has 0 rings (SSSR count). The molecule has 0 saturated heterocycles. The Balaban J connectivity index is 2.74. The Hall–Kier alpha value is 0.0200. The normalized spacial score (nSPS) is 10.6. The summed E-state index contributed by atoms with van der Waals surface area (Å²) in [6.07, 6.45) is 5.66. The van der Waals surface area contributed by atoms with Gasteiger partial charge in [-0.3, -0.25) is 4.52 Å². The third kappa shape index (κ3) is 10.0. The van der Waals surface area contributed by atoms with Gasteiger partial charge in [-0.15, -0.1) is 0 Å². The lowest BCUT2D eigenvalue weighted by Gasteiger charge is -1.97. The van der Waals surface area contributed by atoms with Gasteiger partial charge in [0.2, 0.25) is 0 Å². The van der Waals surface area contributed by atoms with E-state index in [0.717, 1.165) is 25.8 Å². The van der Waals surface area contributed by atoms with Crippen molar-refractivity contribution >= 4 is 8.69 Å². The number of unbranched alkanes of at least 4 members (excludes halogenated alkanes) is 4.